The summed E-state index contributed by atoms with van der Waals surface area (Å²) in [4.78, 5) is 10.6. The number of hydrogen-bond acceptors (Lipinski definition) is 3. The highest BCUT2D eigenvalue weighted by molar-refractivity contribution is 5.71. The number of aliphatic hydroxyl groups excluding tert-OH is 1. The predicted octanol–water partition coefficient (Wildman–Crippen LogP) is 0.629. The van der Waals surface area contributed by atoms with Crippen molar-refractivity contribution < 1.29 is 14.6 Å². The first-order valence-corrected chi connectivity index (χ1v) is 3.74. The molecule has 1 N–H and O–H groups in total. The van der Waals surface area contributed by atoms with Gasteiger partial charge in [0.1, 0.15) is 12.2 Å². The lowest BCUT2D eigenvalue weighted by Gasteiger charge is -2.12. The van der Waals surface area contributed by atoms with Gasteiger partial charge in [-0.3, -0.25) is 4.79 Å². The van der Waals surface area contributed by atoms with Crippen molar-refractivity contribution >= 4 is 5.97 Å². The Kier molecular flexibility index (Phi) is 2.65. The molecule has 1 aliphatic heterocycles. The van der Waals surface area contributed by atoms with E-state index >= 15 is 0 Å². The number of cyclic esters (lactones) is 1. The van der Waals surface area contributed by atoms with Crippen LogP contribution in [0.3, 0.4) is 0 Å². The molecule has 0 bridgehead atoms. The number of esters is 1. The maximum Gasteiger partial charge on any atom is 0.306 e. The monoisotopic (exact) mass is 156 g/mol. The van der Waals surface area contributed by atoms with Gasteiger partial charge in [-0.15, -0.1) is 0 Å². The zero-order valence-corrected chi connectivity index (χ0v) is 6.49. The van der Waals surface area contributed by atoms with Crippen molar-refractivity contribution in [3.05, 3.63) is 12.2 Å². The quantitative estimate of drug-likeness (QED) is 0.471. The number of rotatable bonds is 2. The lowest BCUT2D eigenvalue weighted by Crippen LogP contribution is -2.23. The fourth-order valence-corrected chi connectivity index (χ4v) is 1.11. The van der Waals surface area contributed by atoms with Crippen LogP contribution >= 0.6 is 0 Å². The Morgan fingerprint density at radius 3 is 3.00 bits per heavy atom. The molecule has 1 aliphatic rings. The van der Waals surface area contributed by atoms with Crippen molar-refractivity contribution in [2.75, 3.05) is 0 Å². The van der Waals surface area contributed by atoms with E-state index in [1.165, 1.54) is 0 Å². The molecule has 11 heavy (non-hydrogen) atoms. The second-order valence-electron chi connectivity index (χ2n) is 2.58. The molecule has 1 fully saturated rings. The van der Waals surface area contributed by atoms with Crippen LogP contribution in [0.5, 0.6) is 0 Å². The largest absolute Gasteiger partial charge is 0.459 e. The summed E-state index contributed by atoms with van der Waals surface area (Å²) in [6, 6.07) is 0. The van der Waals surface area contributed by atoms with Crippen LogP contribution in [0.4, 0.5) is 0 Å². The minimum absolute atomic E-state index is 0.210. The zero-order valence-electron chi connectivity index (χ0n) is 6.49. The first-order chi connectivity index (χ1) is 5.24. The molecule has 1 heterocycles. The van der Waals surface area contributed by atoms with E-state index in [1.54, 1.807) is 12.2 Å². The summed E-state index contributed by atoms with van der Waals surface area (Å²) in [6.45, 7) is 1.82. The summed E-state index contributed by atoms with van der Waals surface area (Å²) in [6.07, 6.45) is 3.48. The SMILES string of the molecule is CC=C[C@H](O)[C@@H]1CCC(=O)O1. The van der Waals surface area contributed by atoms with Crippen LogP contribution in [-0.2, 0) is 9.53 Å². The van der Waals surface area contributed by atoms with Crippen molar-refractivity contribution in [3.8, 4) is 0 Å². The predicted molar refractivity (Wildman–Crippen MR) is 39.9 cm³/mol. The molecular formula is C8H12O3. The average Bonchev–Trinajstić information content (AvgIpc) is 2.36. The summed E-state index contributed by atoms with van der Waals surface area (Å²) < 4.78 is 4.84. The first-order valence-electron chi connectivity index (χ1n) is 3.74. The normalized spacial score (nSPS) is 27.5. The molecule has 0 saturated carbocycles. The van der Waals surface area contributed by atoms with E-state index in [0.717, 1.165) is 0 Å². The van der Waals surface area contributed by atoms with Crippen LogP contribution in [0, 0.1) is 0 Å². The van der Waals surface area contributed by atoms with E-state index in [4.69, 9.17) is 4.74 Å². The third-order valence-electron chi connectivity index (χ3n) is 1.69. The van der Waals surface area contributed by atoms with E-state index in [9.17, 15) is 9.90 Å². The lowest BCUT2D eigenvalue weighted by molar-refractivity contribution is -0.144. The van der Waals surface area contributed by atoms with Crippen molar-refractivity contribution in [2.24, 2.45) is 0 Å². The molecule has 2 atom stereocenters. The van der Waals surface area contributed by atoms with Crippen molar-refractivity contribution in [1.82, 2.24) is 0 Å². The molecule has 0 aromatic rings. The van der Waals surface area contributed by atoms with E-state index in [2.05, 4.69) is 0 Å². The van der Waals surface area contributed by atoms with Gasteiger partial charge >= 0.3 is 5.97 Å². The van der Waals surface area contributed by atoms with E-state index in [0.29, 0.717) is 12.8 Å². The second kappa shape index (κ2) is 3.53. The molecule has 0 aliphatic carbocycles. The highest BCUT2D eigenvalue weighted by Crippen LogP contribution is 2.17. The van der Waals surface area contributed by atoms with Crippen LogP contribution in [-0.4, -0.2) is 23.3 Å². The van der Waals surface area contributed by atoms with Gasteiger partial charge in [-0.05, 0) is 13.3 Å². The minimum Gasteiger partial charge on any atom is -0.459 e. The van der Waals surface area contributed by atoms with Crippen LogP contribution in [0.15, 0.2) is 12.2 Å². The number of carbonyl (C=O) groups excluding carboxylic acids is 1. The van der Waals surface area contributed by atoms with Gasteiger partial charge in [-0.1, -0.05) is 12.2 Å². The molecule has 3 nitrogen and oxygen atoms in total. The standard InChI is InChI=1S/C8H12O3/c1-2-3-6(9)7-4-5-8(10)11-7/h2-3,6-7,9H,4-5H2,1H3/t6-,7-/m0/s1. The van der Waals surface area contributed by atoms with Gasteiger partial charge < -0.3 is 9.84 Å². The van der Waals surface area contributed by atoms with Crippen LogP contribution < -0.4 is 0 Å². The fraction of sp³-hybridized carbons (Fsp3) is 0.625. The molecule has 0 spiro atoms. The topological polar surface area (TPSA) is 46.5 Å². The van der Waals surface area contributed by atoms with Gasteiger partial charge in [-0.2, -0.15) is 0 Å². The molecular weight excluding hydrogens is 144 g/mol. The Morgan fingerprint density at radius 1 is 1.82 bits per heavy atom. The van der Waals surface area contributed by atoms with Crippen LogP contribution in [0.2, 0.25) is 0 Å². The summed E-state index contributed by atoms with van der Waals surface area (Å²) >= 11 is 0. The molecule has 0 unspecified atom stereocenters. The second-order valence-corrected chi connectivity index (χ2v) is 2.58. The molecule has 62 valence electrons. The molecule has 0 aromatic heterocycles. The highest BCUT2D eigenvalue weighted by Gasteiger charge is 2.27. The lowest BCUT2D eigenvalue weighted by atomic mass is 10.1. The van der Waals surface area contributed by atoms with E-state index < -0.39 is 6.10 Å². The molecule has 0 amide bonds. The Labute approximate surface area is 65.7 Å². The van der Waals surface area contributed by atoms with E-state index in [-0.39, 0.29) is 12.1 Å². The maximum absolute atomic E-state index is 10.6. The molecule has 1 rings (SSSR count). The van der Waals surface area contributed by atoms with Gasteiger partial charge in [0.2, 0.25) is 0 Å². The fourth-order valence-electron chi connectivity index (χ4n) is 1.11. The van der Waals surface area contributed by atoms with Gasteiger partial charge in [0.05, 0.1) is 0 Å². The Hall–Kier alpha value is -0.830. The maximum atomic E-state index is 10.6. The molecule has 3 heteroatoms. The minimum atomic E-state index is -0.633. The highest BCUT2D eigenvalue weighted by atomic mass is 16.6. The van der Waals surface area contributed by atoms with E-state index in [1.807, 2.05) is 6.92 Å². The number of allylic oxidation sites excluding steroid dienone is 1. The van der Waals surface area contributed by atoms with Gasteiger partial charge in [0.25, 0.3) is 0 Å². The number of ether oxygens (including phenoxy) is 1. The summed E-state index contributed by atoms with van der Waals surface area (Å²) in [5.74, 6) is -0.210. The summed E-state index contributed by atoms with van der Waals surface area (Å²) in [5, 5.41) is 9.30. The van der Waals surface area contributed by atoms with Crippen LogP contribution in [0.25, 0.3) is 0 Å². The van der Waals surface area contributed by atoms with Crippen molar-refractivity contribution in [2.45, 2.75) is 32.0 Å². The van der Waals surface area contributed by atoms with Crippen LogP contribution in [0.1, 0.15) is 19.8 Å². The third-order valence-corrected chi connectivity index (χ3v) is 1.69. The average molecular weight is 156 g/mol. The molecule has 0 radical (unpaired) electrons. The third kappa shape index (κ3) is 2.05. The smallest absolute Gasteiger partial charge is 0.306 e. The Bertz CT molecular complexity index is 174. The van der Waals surface area contributed by atoms with Crippen molar-refractivity contribution in [1.29, 1.82) is 0 Å². The number of carbonyl (C=O) groups is 1. The Morgan fingerprint density at radius 2 is 2.55 bits per heavy atom. The zero-order chi connectivity index (χ0) is 8.27. The number of aliphatic hydroxyl groups is 1. The van der Waals surface area contributed by atoms with Gasteiger partial charge in [0, 0.05) is 6.42 Å². The Balaban J connectivity index is 2.42. The molecule has 0 aromatic carbocycles. The van der Waals surface area contributed by atoms with Crippen molar-refractivity contribution in [3.63, 3.8) is 0 Å². The van der Waals surface area contributed by atoms with Gasteiger partial charge in [-0.25, -0.2) is 0 Å². The number of hydrogen-bond donors (Lipinski definition) is 1. The summed E-state index contributed by atoms with van der Waals surface area (Å²) in [5.41, 5.74) is 0. The van der Waals surface area contributed by atoms with Gasteiger partial charge in [0.15, 0.2) is 0 Å². The first kappa shape index (κ1) is 8.27. The molecule has 1 saturated heterocycles. The summed E-state index contributed by atoms with van der Waals surface area (Å²) in [7, 11) is 0.